The fourth-order valence-electron chi connectivity index (χ4n) is 2.63. The maximum Gasteiger partial charge on any atom is 0.340 e. The van der Waals surface area contributed by atoms with Crippen LogP contribution in [0.2, 0.25) is 10.0 Å². The lowest BCUT2D eigenvalue weighted by atomic mass is 10.0. The average molecular weight is 414 g/mol. The summed E-state index contributed by atoms with van der Waals surface area (Å²) in [5.41, 5.74) is 2.57. The van der Waals surface area contributed by atoms with E-state index in [1.165, 1.54) is 13.0 Å². The summed E-state index contributed by atoms with van der Waals surface area (Å²) in [5.74, 6) is -1.17. The largest absolute Gasteiger partial charge is 0.449 e. The Kier molecular flexibility index (Phi) is 6.34. The number of benzene rings is 3. The van der Waals surface area contributed by atoms with E-state index in [-0.39, 0.29) is 15.6 Å². The minimum absolute atomic E-state index is 0.0937. The van der Waals surface area contributed by atoms with E-state index in [0.717, 1.165) is 11.1 Å². The number of halogens is 2. The molecule has 28 heavy (non-hydrogen) atoms. The van der Waals surface area contributed by atoms with Gasteiger partial charge >= 0.3 is 5.97 Å². The van der Waals surface area contributed by atoms with Crippen molar-refractivity contribution in [3.05, 3.63) is 88.4 Å². The van der Waals surface area contributed by atoms with Crippen molar-refractivity contribution in [3.63, 3.8) is 0 Å². The third-order valence-electron chi connectivity index (χ3n) is 4.09. The molecule has 3 aromatic rings. The summed E-state index contributed by atoms with van der Waals surface area (Å²) in [6.45, 7) is 1.50. The van der Waals surface area contributed by atoms with E-state index < -0.39 is 18.0 Å². The molecule has 0 aliphatic carbocycles. The van der Waals surface area contributed by atoms with Gasteiger partial charge in [-0.3, -0.25) is 4.79 Å². The van der Waals surface area contributed by atoms with Gasteiger partial charge in [-0.25, -0.2) is 4.79 Å². The number of carbonyl (C=O) groups excluding carboxylic acids is 2. The minimum Gasteiger partial charge on any atom is -0.449 e. The highest BCUT2D eigenvalue weighted by atomic mass is 35.5. The van der Waals surface area contributed by atoms with Gasteiger partial charge in [-0.2, -0.15) is 0 Å². The van der Waals surface area contributed by atoms with Crippen LogP contribution in [0.15, 0.2) is 72.8 Å². The second-order valence-corrected chi connectivity index (χ2v) is 6.83. The highest BCUT2D eigenvalue weighted by Crippen LogP contribution is 2.28. The van der Waals surface area contributed by atoms with Gasteiger partial charge in [0.25, 0.3) is 5.91 Å². The normalized spacial score (nSPS) is 11.5. The molecule has 0 unspecified atom stereocenters. The number of carbonyl (C=O) groups is 2. The zero-order valence-corrected chi connectivity index (χ0v) is 16.5. The number of anilines is 1. The van der Waals surface area contributed by atoms with E-state index in [0.29, 0.717) is 5.69 Å². The summed E-state index contributed by atoms with van der Waals surface area (Å²) in [5, 5.41) is 3.15. The van der Waals surface area contributed by atoms with Crippen LogP contribution in [0.1, 0.15) is 17.3 Å². The van der Waals surface area contributed by atoms with Gasteiger partial charge in [0, 0.05) is 11.3 Å². The average Bonchev–Trinajstić information content (AvgIpc) is 2.71. The summed E-state index contributed by atoms with van der Waals surface area (Å²) in [4.78, 5) is 24.9. The van der Waals surface area contributed by atoms with Crippen molar-refractivity contribution < 1.29 is 14.3 Å². The molecule has 0 aliphatic heterocycles. The molecule has 6 heteroatoms. The van der Waals surface area contributed by atoms with Gasteiger partial charge < -0.3 is 10.1 Å². The lowest BCUT2D eigenvalue weighted by Gasteiger charge is -2.16. The molecule has 1 N–H and O–H groups in total. The number of ether oxygens (including phenoxy) is 1. The Balaban J connectivity index is 1.73. The van der Waals surface area contributed by atoms with Crippen LogP contribution in [0.3, 0.4) is 0 Å². The quantitative estimate of drug-likeness (QED) is 0.534. The lowest BCUT2D eigenvalue weighted by molar-refractivity contribution is -0.123. The highest BCUT2D eigenvalue weighted by molar-refractivity contribution is 6.43. The van der Waals surface area contributed by atoms with Crippen molar-refractivity contribution in [2.24, 2.45) is 0 Å². The van der Waals surface area contributed by atoms with Crippen molar-refractivity contribution in [1.82, 2.24) is 0 Å². The molecule has 0 aliphatic rings. The number of hydrogen-bond acceptors (Lipinski definition) is 3. The Morgan fingerprint density at radius 1 is 0.893 bits per heavy atom. The first-order valence-corrected chi connectivity index (χ1v) is 9.33. The Hall–Kier alpha value is -2.82. The first-order chi connectivity index (χ1) is 13.5. The van der Waals surface area contributed by atoms with E-state index in [2.05, 4.69) is 5.32 Å². The second-order valence-electron chi connectivity index (χ2n) is 6.05. The molecule has 0 heterocycles. The molecule has 3 rings (SSSR count). The zero-order chi connectivity index (χ0) is 20.1. The van der Waals surface area contributed by atoms with Crippen LogP contribution in [-0.2, 0) is 9.53 Å². The van der Waals surface area contributed by atoms with Crippen molar-refractivity contribution in [2.45, 2.75) is 13.0 Å². The van der Waals surface area contributed by atoms with Crippen LogP contribution in [0, 0.1) is 0 Å². The molecule has 0 saturated carbocycles. The monoisotopic (exact) mass is 413 g/mol. The molecule has 142 valence electrons. The predicted octanol–water partition coefficient (Wildman–Crippen LogP) is 5.84. The topological polar surface area (TPSA) is 55.4 Å². The Bertz CT molecular complexity index is 1010. The van der Waals surface area contributed by atoms with E-state index in [1.54, 1.807) is 18.2 Å². The van der Waals surface area contributed by atoms with Crippen LogP contribution >= 0.6 is 23.2 Å². The summed E-state index contributed by atoms with van der Waals surface area (Å²) in [6.07, 6.45) is -1.02. The van der Waals surface area contributed by atoms with Crippen LogP contribution in [0.25, 0.3) is 11.1 Å². The minimum atomic E-state index is -1.02. The summed E-state index contributed by atoms with van der Waals surface area (Å²) in [7, 11) is 0. The van der Waals surface area contributed by atoms with E-state index >= 15 is 0 Å². The fourth-order valence-corrected chi connectivity index (χ4v) is 3.01. The van der Waals surface area contributed by atoms with E-state index in [9.17, 15) is 9.59 Å². The lowest BCUT2D eigenvalue weighted by Crippen LogP contribution is -2.30. The molecule has 3 aromatic carbocycles. The first-order valence-electron chi connectivity index (χ1n) is 8.57. The molecular formula is C22H17Cl2NO3. The number of rotatable bonds is 5. The molecule has 0 fully saturated rings. The molecule has 0 bridgehead atoms. The Morgan fingerprint density at radius 3 is 2.32 bits per heavy atom. The predicted molar refractivity (Wildman–Crippen MR) is 112 cm³/mol. The molecule has 1 amide bonds. The smallest absolute Gasteiger partial charge is 0.340 e. The van der Waals surface area contributed by atoms with Crippen LogP contribution in [-0.4, -0.2) is 18.0 Å². The Morgan fingerprint density at radius 2 is 1.57 bits per heavy atom. The standard InChI is InChI=1S/C22H17Cl2NO3/c1-14(28-22(27)17-11-7-12-18(23)20(17)24)21(26)25-19-13-6-5-10-16(19)15-8-3-2-4-9-15/h2-14H,1H3,(H,25,26)/t14-/m0/s1. The van der Waals surface area contributed by atoms with Gasteiger partial charge in [-0.15, -0.1) is 0 Å². The van der Waals surface area contributed by atoms with Gasteiger partial charge in [0.1, 0.15) is 0 Å². The Labute approximate surface area is 173 Å². The highest BCUT2D eigenvalue weighted by Gasteiger charge is 2.22. The molecule has 4 nitrogen and oxygen atoms in total. The molecule has 0 aromatic heterocycles. The van der Waals surface area contributed by atoms with Crippen molar-refractivity contribution in [2.75, 3.05) is 5.32 Å². The van der Waals surface area contributed by atoms with Crippen molar-refractivity contribution in [1.29, 1.82) is 0 Å². The third-order valence-corrected chi connectivity index (χ3v) is 4.91. The summed E-state index contributed by atoms with van der Waals surface area (Å²) in [6, 6.07) is 21.7. The van der Waals surface area contributed by atoms with Crippen molar-refractivity contribution >= 4 is 40.8 Å². The summed E-state index contributed by atoms with van der Waals surface area (Å²) >= 11 is 12.0. The number of hydrogen-bond donors (Lipinski definition) is 1. The number of amides is 1. The molecule has 1 atom stereocenters. The van der Waals surface area contributed by atoms with Crippen LogP contribution < -0.4 is 5.32 Å². The second kappa shape index (κ2) is 8.91. The number of nitrogens with one attached hydrogen (secondary N) is 1. The maximum atomic E-state index is 12.6. The zero-order valence-electron chi connectivity index (χ0n) is 15.0. The number of para-hydroxylation sites is 1. The summed E-state index contributed by atoms with van der Waals surface area (Å²) < 4.78 is 5.26. The van der Waals surface area contributed by atoms with Gasteiger partial charge in [0.05, 0.1) is 15.6 Å². The van der Waals surface area contributed by atoms with E-state index in [1.807, 2.05) is 48.5 Å². The van der Waals surface area contributed by atoms with Gasteiger partial charge in [0.15, 0.2) is 6.10 Å². The first kappa shape index (κ1) is 19.9. The molecule has 0 saturated heterocycles. The maximum absolute atomic E-state index is 12.6. The fraction of sp³-hybridized carbons (Fsp3) is 0.0909. The van der Waals surface area contributed by atoms with Crippen molar-refractivity contribution in [3.8, 4) is 11.1 Å². The third kappa shape index (κ3) is 4.53. The molecule has 0 radical (unpaired) electrons. The SMILES string of the molecule is C[C@H](OC(=O)c1cccc(Cl)c1Cl)C(=O)Nc1ccccc1-c1ccccc1. The van der Waals surface area contributed by atoms with Crippen LogP contribution in [0.5, 0.6) is 0 Å². The van der Waals surface area contributed by atoms with Gasteiger partial charge in [-0.05, 0) is 30.7 Å². The van der Waals surface area contributed by atoms with Crippen LogP contribution in [0.4, 0.5) is 5.69 Å². The number of esters is 1. The molecular weight excluding hydrogens is 397 g/mol. The van der Waals surface area contributed by atoms with Gasteiger partial charge in [-0.1, -0.05) is 77.8 Å². The molecule has 0 spiro atoms. The van der Waals surface area contributed by atoms with E-state index in [4.69, 9.17) is 27.9 Å². The van der Waals surface area contributed by atoms with Gasteiger partial charge in [0.2, 0.25) is 0 Å².